The lowest BCUT2D eigenvalue weighted by molar-refractivity contribution is -0.134. The molecule has 0 bridgehead atoms. The third kappa shape index (κ3) is 4.62. The zero-order valence-corrected chi connectivity index (χ0v) is 24.3. The predicted octanol–water partition coefficient (Wildman–Crippen LogP) is -0.637. The number of phenolic OH excluding ortho intramolecular Hbond substituents is 1. The number of nitroso groups, excluding NO2 is 1. The third-order valence-electron chi connectivity index (χ3n) is 8.04. The van der Waals surface area contributed by atoms with E-state index in [0.29, 0.717) is 5.69 Å². The summed E-state index contributed by atoms with van der Waals surface area (Å²) in [7, 11) is 6.16. The first kappa shape index (κ1) is 31.6. The number of alkyl halides is 1. The molecule has 0 aliphatic heterocycles. The van der Waals surface area contributed by atoms with Gasteiger partial charge in [0, 0.05) is 31.3 Å². The number of aromatic hydroxyl groups is 1. The van der Waals surface area contributed by atoms with E-state index >= 15 is 0 Å². The smallest absolute Gasteiger partial charge is 0.326 e. The average Bonchev–Trinajstić information content (AvgIpc) is 2.89. The van der Waals surface area contributed by atoms with Crippen molar-refractivity contribution < 1.29 is 39.3 Å². The maximum Gasteiger partial charge on any atom is 0.326 e. The van der Waals surface area contributed by atoms with E-state index in [4.69, 9.17) is 23.1 Å². The van der Waals surface area contributed by atoms with Crippen LogP contribution < -0.4 is 27.0 Å². The first-order chi connectivity index (χ1) is 20.0. The number of aliphatic hydroxyl groups is 2. The molecule has 3 aliphatic carbocycles. The number of phenols is 1. The normalized spacial score (nSPS) is 26.4. The number of Topliss-reactive ketones (excluding diaryl/α,β-unsaturated/α-hetero) is 2. The van der Waals surface area contributed by atoms with Crippen molar-refractivity contribution in [2.45, 2.75) is 30.0 Å². The number of carbonyl (C=O) groups excluding carboxylic acids is 5. The van der Waals surface area contributed by atoms with Gasteiger partial charge in [-0.15, -0.1) is 16.5 Å². The predicted molar refractivity (Wildman–Crippen MR) is 152 cm³/mol. The van der Waals surface area contributed by atoms with Crippen LogP contribution in [-0.4, -0.2) is 101 Å². The lowest BCUT2D eigenvalue weighted by atomic mass is 9.55. The SMILES string of the molecule is CN(C)c1cc(NC(=O)NC(=O)CCl)c(O)c2c1C[C@@]1(N)C[C@H]3[C@H](N(C)C)C(=O)C(C(N)=O)=C(O)[C@@]3(O)C(N=O)=C1C2=O. The van der Waals surface area contributed by atoms with Crippen LogP contribution in [0.5, 0.6) is 5.75 Å². The zero-order chi connectivity index (χ0) is 32.3. The van der Waals surface area contributed by atoms with Gasteiger partial charge in [0.25, 0.3) is 5.91 Å². The molecule has 43 heavy (non-hydrogen) atoms. The van der Waals surface area contributed by atoms with Gasteiger partial charge in [-0.05, 0) is 43.7 Å². The molecular formula is C26H30ClN7O9. The van der Waals surface area contributed by atoms with Gasteiger partial charge in [0.1, 0.15) is 22.9 Å². The molecular weight excluding hydrogens is 590 g/mol. The summed E-state index contributed by atoms with van der Waals surface area (Å²) in [6, 6.07) is -1.05. The minimum atomic E-state index is -2.84. The van der Waals surface area contributed by atoms with E-state index < -0.39 is 92.3 Å². The summed E-state index contributed by atoms with van der Waals surface area (Å²) in [4.78, 5) is 79.0. The molecule has 3 aliphatic rings. The van der Waals surface area contributed by atoms with Gasteiger partial charge in [0.2, 0.25) is 5.91 Å². The van der Waals surface area contributed by atoms with Gasteiger partial charge in [-0.25, -0.2) is 4.79 Å². The summed E-state index contributed by atoms with van der Waals surface area (Å²) in [6.45, 7) is 0. The summed E-state index contributed by atoms with van der Waals surface area (Å²) in [6.07, 6.45) is -0.584. The van der Waals surface area contributed by atoms with Crippen molar-refractivity contribution >= 4 is 52.4 Å². The van der Waals surface area contributed by atoms with Gasteiger partial charge in [-0.1, -0.05) is 0 Å². The lowest BCUT2D eigenvalue weighted by Gasteiger charge is -2.53. The Bertz CT molecular complexity index is 1570. The molecule has 1 aromatic rings. The topological polar surface area (TPSA) is 258 Å². The Morgan fingerprint density at radius 1 is 1.19 bits per heavy atom. The van der Waals surface area contributed by atoms with E-state index in [1.54, 1.807) is 19.0 Å². The maximum absolute atomic E-state index is 14.2. The van der Waals surface area contributed by atoms with Crippen LogP contribution in [0.15, 0.2) is 33.8 Å². The largest absolute Gasteiger partial charge is 0.508 e. The number of urea groups is 1. The molecule has 0 unspecified atom stereocenters. The molecule has 0 radical (unpaired) electrons. The van der Waals surface area contributed by atoms with Gasteiger partial charge in [-0.2, -0.15) is 0 Å². The van der Waals surface area contributed by atoms with Gasteiger partial charge < -0.3 is 37.0 Å². The van der Waals surface area contributed by atoms with Crippen LogP contribution in [0.1, 0.15) is 22.3 Å². The summed E-state index contributed by atoms with van der Waals surface area (Å²) in [5, 5.41) is 41.3. The number of nitrogens with two attached hydrogens (primary N) is 2. The van der Waals surface area contributed by atoms with Crippen molar-refractivity contribution in [3.63, 3.8) is 0 Å². The van der Waals surface area contributed by atoms with Crippen molar-refractivity contribution in [1.82, 2.24) is 10.2 Å². The number of anilines is 2. The molecule has 9 N–H and O–H groups in total. The summed E-state index contributed by atoms with van der Waals surface area (Å²) < 4.78 is 0. The number of imide groups is 1. The Balaban J connectivity index is 2.02. The fourth-order valence-electron chi connectivity index (χ4n) is 6.32. The monoisotopic (exact) mass is 619 g/mol. The van der Waals surface area contributed by atoms with Gasteiger partial charge in [0.05, 0.1) is 22.8 Å². The van der Waals surface area contributed by atoms with Crippen molar-refractivity contribution in [3.05, 3.63) is 44.7 Å². The molecule has 4 rings (SSSR count). The molecule has 0 spiro atoms. The minimum Gasteiger partial charge on any atom is -0.508 e. The van der Waals surface area contributed by atoms with Crippen LogP contribution in [0, 0.1) is 10.8 Å². The zero-order valence-electron chi connectivity index (χ0n) is 23.5. The number of nitrogens with zero attached hydrogens (tertiary/aromatic N) is 3. The number of aliphatic hydroxyl groups excluding tert-OH is 1. The number of hydrogen-bond donors (Lipinski definition) is 7. The summed E-state index contributed by atoms with van der Waals surface area (Å²) >= 11 is 5.41. The van der Waals surface area contributed by atoms with E-state index in [-0.39, 0.29) is 24.1 Å². The molecule has 0 fully saturated rings. The number of fused-ring (bicyclic) bond motifs is 3. The quantitative estimate of drug-likeness (QED) is 0.0908. The number of carbonyl (C=O) groups is 5. The van der Waals surface area contributed by atoms with Crippen LogP contribution in [0.25, 0.3) is 0 Å². The highest BCUT2D eigenvalue weighted by atomic mass is 35.5. The Hall–Kier alpha value is -4.38. The lowest BCUT2D eigenvalue weighted by Crippen LogP contribution is -2.67. The molecule has 0 aromatic heterocycles. The Kier molecular flexibility index (Phi) is 7.86. The highest BCUT2D eigenvalue weighted by Gasteiger charge is 2.65. The van der Waals surface area contributed by atoms with Gasteiger partial charge in [0.15, 0.2) is 22.9 Å². The fraction of sp³-hybridized carbons (Fsp3) is 0.423. The molecule has 16 nitrogen and oxygen atoms in total. The molecule has 1 aromatic carbocycles. The highest BCUT2D eigenvalue weighted by Crippen LogP contribution is 2.56. The first-order valence-electron chi connectivity index (χ1n) is 12.8. The van der Waals surface area contributed by atoms with E-state index in [1.807, 2.05) is 5.32 Å². The average molecular weight is 620 g/mol. The van der Waals surface area contributed by atoms with E-state index in [0.717, 1.165) is 0 Å². The number of halogens is 1. The molecule has 17 heteroatoms. The highest BCUT2D eigenvalue weighted by molar-refractivity contribution is 6.28. The fourth-order valence-corrected chi connectivity index (χ4v) is 6.39. The number of benzene rings is 1. The Morgan fingerprint density at radius 2 is 1.81 bits per heavy atom. The molecule has 0 saturated carbocycles. The molecule has 0 heterocycles. The van der Waals surface area contributed by atoms with Gasteiger partial charge in [-0.3, -0.25) is 29.4 Å². The second-order valence-corrected chi connectivity index (χ2v) is 11.4. The molecule has 4 amide bonds. The van der Waals surface area contributed by atoms with Crippen molar-refractivity contribution in [1.29, 1.82) is 0 Å². The molecule has 4 atom stereocenters. The minimum absolute atomic E-state index is 0.207. The van der Waals surface area contributed by atoms with Crippen LogP contribution >= 0.6 is 11.6 Å². The number of nitrogens with one attached hydrogen (secondary N) is 2. The number of likely N-dealkylation sites (N-methyl/N-ethyl adjacent to an activating group) is 1. The number of amides is 4. The number of primary amides is 1. The molecule has 230 valence electrons. The number of ketones is 2. The van der Waals surface area contributed by atoms with Crippen LogP contribution in [0.2, 0.25) is 0 Å². The summed E-state index contributed by atoms with van der Waals surface area (Å²) in [5.41, 5.74) is 4.90. The van der Waals surface area contributed by atoms with E-state index in [2.05, 4.69) is 10.5 Å². The van der Waals surface area contributed by atoms with E-state index in [1.165, 1.54) is 25.1 Å². The molecule has 0 saturated heterocycles. The van der Waals surface area contributed by atoms with E-state index in [9.17, 15) is 44.2 Å². The Labute approximate surface area is 249 Å². The van der Waals surface area contributed by atoms with Crippen molar-refractivity contribution in [3.8, 4) is 5.75 Å². The van der Waals surface area contributed by atoms with Crippen LogP contribution in [0.3, 0.4) is 0 Å². The number of hydrogen-bond acceptors (Lipinski definition) is 13. The van der Waals surface area contributed by atoms with Crippen molar-refractivity contribution in [2.75, 3.05) is 44.3 Å². The number of rotatable bonds is 6. The van der Waals surface area contributed by atoms with Crippen LogP contribution in [-0.2, 0) is 20.8 Å². The standard InChI is InChI=1S/C26H30ClN7O9/c1-33(2)12-5-11(30-24(41)31-13(35)8-27)18(36)14-9(12)6-25(29)7-10-17(34(3)4)20(38)15(23(28)40)22(39)26(10,42)21(32-43)16(25)19(14)37/h5,10,17,36,39,42H,6-8,29H2,1-4H3,(H2,28,40)(H2,30,31,35,41)/t10-,17-,25+,26-/m0/s1. The van der Waals surface area contributed by atoms with Crippen LogP contribution in [0.4, 0.5) is 16.2 Å². The second kappa shape index (κ2) is 10.7. The van der Waals surface area contributed by atoms with Gasteiger partial charge >= 0.3 is 6.03 Å². The van der Waals surface area contributed by atoms with Crippen molar-refractivity contribution in [2.24, 2.45) is 22.6 Å². The Morgan fingerprint density at radius 3 is 2.33 bits per heavy atom. The maximum atomic E-state index is 14.2. The third-order valence-corrected chi connectivity index (χ3v) is 8.28. The summed E-state index contributed by atoms with van der Waals surface area (Å²) in [5.74, 6) is -8.10. The second-order valence-electron chi connectivity index (χ2n) is 11.1. The first-order valence-corrected chi connectivity index (χ1v) is 13.3.